The zero-order valence-electron chi connectivity index (χ0n) is 12.8. The van der Waals surface area contributed by atoms with Crippen LogP contribution in [0.15, 0.2) is 34.0 Å². The Hall–Kier alpha value is -1.04. The van der Waals surface area contributed by atoms with E-state index in [1.807, 2.05) is 34.5 Å². The van der Waals surface area contributed by atoms with Gasteiger partial charge in [-0.05, 0) is 25.0 Å². The first-order chi connectivity index (χ1) is 11.2. The van der Waals surface area contributed by atoms with E-state index in [2.05, 4.69) is 4.98 Å². The molecular weight excluding hydrogens is 348 g/mol. The molecule has 2 aromatic rings. The summed E-state index contributed by atoms with van der Waals surface area (Å²) in [5, 5.41) is 2.75. The van der Waals surface area contributed by atoms with E-state index >= 15 is 0 Å². The van der Waals surface area contributed by atoms with Gasteiger partial charge in [0.25, 0.3) is 0 Å². The van der Waals surface area contributed by atoms with Crippen molar-refractivity contribution in [1.29, 1.82) is 0 Å². The number of nitrogens with zero attached hydrogens (tertiary/aromatic N) is 2. The lowest BCUT2D eigenvalue weighted by atomic mass is 10.2. The SMILES string of the molecule is O=C(CSc1nc(-c2ccc(Cl)cc2)cs1)N1CCCCCC1. The molecule has 0 bridgehead atoms. The topological polar surface area (TPSA) is 33.2 Å². The monoisotopic (exact) mass is 366 g/mol. The third-order valence-corrected chi connectivity index (χ3v) is 6.16. The van der Waals surface area contributed by atoms with Gasteiger partial charge in [-0.3, -0.25) is 4.79 Å². The minimum atomic E-state index is 0.236. The molecule has 0 spiro atoms. The number of halogens is 1. The molecule has 1 fully saturated rings. The van der Waals surface area contributed by atoms with Crippen LogP contribution in [0.4, 0.5) is 0 Å². The first-order valence-corrected chi connectivity index (χ1v) is 10.1. The van der Waals surface area contributed by atoms with Crippen LogP contribution in [-0.2, 0) is 4.79 Å². The maximum Gasteiger partial charge on any atom is 0.233 e. The molecule has 122 valence electrons. The number of hydrogen-bond acceptors (Lipinski definition) is 4. The average molecular weight is 367 g/mol. The number of aromatic nitrogens is 1. The van der Waals surface area contributed by atoms with Gasteiger partial charge in [-0.25, -0.2) is 4.98 Å². The number of carbonyl (C=O) groups excluding carboxylic acids is 1. The Morgan fingerprint density at radius 3 is 2.57 bits per heavy atom. The molecule has 0 atom stereocenters. The first kappa shape index (κ1) is 16.8. The van der Waals surface area contributed by atoms with Crippen molar-refractivity contribution in [1.82, 2.24) is 9.88 Å². The molecule has 1 aromatic carbocycles. The quantitative estimate of drug-likeness (QED) is 0.717. The predicted molar refractivity (Wildman–Crippen MR) is 98.3 cm³/mol. The van der Waals surface area contributed by atoms with E-state index in [0.717, 1.165) is 46.6 Å². The Bertz CT molecular complexity index is 649. The molecule has 1 aliphatic rings. The van der Waals surface area contributed by atoms with Gasteiger partial charge in [0.2, 0.25) is 5.91 Å². The molecule has 1 amide bonds. The number of amides is 1. The van der Waals surface area contributed by atoms with Crippen LogP contribution in [0.3, 0.4) is 0 Å². The smallest absolute Gasteiger partial charge is 0.233 e. The number of carbonyl (C=O) groups is 1. The Morgan fingerprint density at radius 2 is 1.87 bits per heavy atom. The molecule has 6 heteroatoms. The Kier molecular flexibility index (Phi) is 5.97. The predicted octanol–water partition coefficient (Wildman–Crippen LogP) is 4.96. The fourth-order valence-corrected chi connectivity index (χ4v) is 4.48. The summed E-state index contributed by atoms with van der Waals surface area (Å²) in [6.45, 7) is 1.82. The molecule has 3 rings (SSSR count). The van der Waals surface area contributed by atoms with Crippen LogP contribution in [0, 0.1) is 0 Å². The number of likely N-dealkylation sites (tertiary alicyclic amines) is 1. The van der Waals surface area contributed by atoms with E-state index in [4.69, 9.17) is 11.6 Å². The zero-order valence-corrected chi connectivity index (χ0v) is 15.2. The van der Waals surface area contributed by atoms with Crippen molar-refractivity contribution in [2.75, 3.05) is 18.8 Å². The van der Waals surface area contributed by atoms with Gasteiger partial charge >= 0.3 is 0 Å². The fraction of sp³-hybridized carbons (Fsp3) is 0.412. The third-order valence-electron chi connectivity index (χ3n) is 3.90. The highest BCUT2D eigenvalue weighted by molar-refractivity contribution is 8.01. The highest BCUT2D eigenvalue weighted by atomic mass is 35.5. The second-order valence-corrected chi connectivity index (χ2v) is 8.11. The van der Waals surface area contributed by atoms with Gasteiger partial charge in [-0.1, -0.05) is 48.3 Å². The van der Waals surface area contributed by atoms with Crippen LogP contribution in [0.5, 0.6) is 0 Å². The van der Waals surface area contributed by atoms with Crippen molar-refractivity contribution in [2.45, 2.75) is 30.0 Å². The van der Waals surface area contributed by atoms with Gasteiger partial charge in [-0.15, -0.1) is 11.3 Å². The van der Waals surface area contributed by atoms with E-state index in [1.54, 1.807) is 11.3 Å². The van der Waals surface area contributed by atoms with Crippen molar-refractivity contribution in [2.24, 2.45) is 0 Å². The van der Waals surface area contributed by atoms with Crippen molar-refractivity contribution in [3.8, 4) is 11.3 Å². The van der Waals surface area contributed by atoms with Crippen LogP contribution in [-0.4, -0.2) is 34.6 Å². The molecule has 0 aliphatic carbocycles. The Morgan fingerprint density at radius 1 is 1.17 bits per heavy atom. The summed E-state index contributed by atoms with van der Waals surface area (Å²) in [5.41, 5.74) is 1.99. The Labute approximate surface area is 150 Å². The summed E-state index contributed by atoms with van der Waals surface area (Å²) < 4.78 is 0.943. The summed E-state index contributed by atoms with van der Waals surface area (Å²) in [5.74, 6) is 0.716. The maximum absolute atomic E-state index is 12.3. The van der Waals surface area contributed by atoms with E-state index in [9.17, 15) is 4.79 Å². The van der Waals surface area contributed by atoms with Crippen LogP contribution in [0.2, 0.25) is 5.02 Å². The standard InChI is InChI=1S/C17H19ClN2OS2/c18-14-7-5-13(6-8-14)15-11-22-17(19-15)23-12-16(21)20-9-3-1-2-4-10-20/h5-8,11H,1-4,9-10,12H2. The van der Waals surface area contributed by atoms with Gasteiger partial charge in [0.05, 0.1) is 11.4 Å². The highest BCUT2D eigenvalue weighted by Gasteiger charge is 2.16. The molecule has 1 aromatic heterocycles. The van der Waals surface area contributed by atoms with E-state index in [-0.39, 0.29) is 5.91 Å². The lowest BCUT2D eigenvalue weighted by molar-refractivity contribution is -0.128. The molecule has 0 N–H and O–H groups in total. The van der Waals surface area contributed by atoms with Crippen molar-refractivity contribution < 1.29 is 4.79 Å². The number of hydrogen-bond donors (Lipinski definition) is 0. The van der Waals surface area contributed by atoms with E-state index in [1.165, 1.54) is 24.6 Å². The van der Waals surface area contributed by atoms with Crippen LogP contribution < -0.4 is 0 Å². The third kappa shape index (κ3) is 4.72. The number of benzene rings is 1. The average Bonchev–Trinajstić information content (AvgIpc) is 2.86. The molecule has 0 saturated carbocycles. The fourth-order valence-electron chi connectivity index (χ4n) is 2.61. The van der Waals surface area contributed by atoms with Crippen molar-refractivity contribution in [3.63, 3.8) is 0 Å². The lowest BCUT2D eigenvalue weighted by Crippen LogP contribution is -2.33. The van der Waals surface area contributed by atoms with Crippen LogP contribution in [0.1, 0.15) is 25.7 Å². The van der Waals surface area contributed by atoms with Gasteiger partial charge < -0.3 is 4.90 Å². The molecule has 0 unspecified atom stereocenters. The Balaban J connectivity index is 1.56. The molecule has 2 heterocycles. The highest BCUT2D eigenvalue weighted by Crippen LogP contribution is 2.29. The number of thioether (sulfide) groups is 1. The molecule has 0 radical (unpaired) electrons. The lowest BCUT2D eigenvalue weighted by Gasteiger charge is -2.19. The summed E-state index contributed by atoms with van der Waals surface area (Å²) in [4.78, 5) is 18.9. The minimum Gasteiger partial charge on any atom is -0.342 e. The van der Waals surface area contributed by atoms with Gasteiger partial charge in [-0.2, -0.15) is 0 Å². The molecule has 1 aliphatic heterocycles. The number of rotatable bonds is 4. The van der Waals surface area contributed by atoms with Crippen molar-refractivity contribution >= 4 is 40.6 Å². The minimum absolute atomic E-state index is 0.236. The van der Waals surface area contributed by atoms with Gasteiger partial charge in [0, 0.05) is 29.1 Å². The second-order valence-electron chi connectivity index (χ2n) is 5.59. The molecule has 1 saturated heterocycles. The molecule has 23 heavy (non-hydrogen) atoms. The van der Waals surface area contributed by atoms with E-state index in [0.29, 0.717) is 5.75 Å². The first-order valence-electron chi connectivity index (χ1n) is 7.84. The largest absolute Gasteiger partial charge is 0.342 e. The summed E-state index contributed by atoms with van der Waals surface area (Å²) >= 11 is 9.04. The van der Waals surface area contributed by atoms with Gasteiger partial charge in [0.1, 0.15) is 0 Å². The van der Waals surface area contributed by atoms with Gasteiger partial charge in [0.15, 0.2) is 4.34 Å². The number of thiazole rings is 1. The van der Waals surface area contributed by atoms with Crippen LogP contribution in [0.25, 0.3) is 11.3 Å². The summed E-state index contributed by atoms with van der Waals surface area (Å²) in [7, 11) is 0. The second kappa shape index (κ2) is 8.18. The van der Waals surface area contributed by atoms with Crippen LogP contribution >= 0.6 is 34.7 Å². The maximum atomic E-state index is 12.3. The summed E-state index contributed by atoms with van der Waals surface area (Å²) in [6.07, 6.45) is 4.75. The zero-order chi connectivity index (χ0) is 16.1. The van der Waals surface area contributed by atoms with E-state index < -0.39 is 0 Å². The summed E-state index contributed by atoms with van der Waals surface area (Å²) in [6, 6.07) is 7.67. The molecular formula is C17H19ClN2OS2. The van der Waals surface area contributed by atoms with Crippen molar-refractivity contribution in [3.05, 3.63) is 34.7 Å². The molecule has 3 nitrogen and oxygen atoms in total. The normalized spacial score (nSPS) is 15.4.